The minimum absolute atomic E-state index is 0.463. The zero-order valence-electron chi connectivity index (χ0n) is 7.78. The molecule has 0 fully saturated rings. The molecule has 4 nitrogen and oxygen atoms in total. The van der Waals surface area contributed by atoms with E-state index in [1.54, 1.807) is 13.3 Å². The monoisotopic (exact) mass is 209 g/mol. The Morgan fingerprint density at radius 2 is 2.00 bits per heavy atom. The Balaban J connectivity index is 2.78. The van der Waals surface area contributed by atoms with Crippen LogP contribution in [0, 0.1) is 6.92 Å². The summed E-state index contributed by atoms with van der Waals surface area (Å²) in [4.78, 5) is 12.4. The molecule has 0 radical (unpaired) electrons. The maximum absolute atomic E-state index is 5.91. The van der Waals surface area contributed by atoms with Gasteiger partial charge in [0.1, 0.15) is 5.52 Å². The van der Waals surface area contributed by atoms with Crippen molar-refractivity contribution >= 4 is 22.8 Å². The van der Waals surface area contributed by atoms with E-state index < -0.39 is 0 Å². The van der Waals surface area contributed by atoms with Gasteiger partial charge in [0.15, 0.2) is 5.65 Å². The molecule has 0 amide bonds. The zero-order valence-corrected chi connectivity index (χ0v) is 8.54. The van der Waals surface area contributed by atoms with Crippen molar-refractivity contribution in [2.24, 2.45) is 0 Å². The molecule has 0 aliphatic carbocycles. The first-order valence-electron chi connectivity index (χ1n) is 4.04. The van der Waals surface area contributed by atoms with Gasteiger partial charge in [0.05, 0.1) is 18.3 Å². The zero-order chi connectivity index (χ0) is 10.1. The molecular weight excluding hydrogens is 202 g/mol. The molecule has 72 valence electrons. The molecule has 2 heterocycles. The fourth-order valence-corrected chi connectivity index (χ4v) is 1.28. The normalized spacial score (nSPS) is 10.5. The minimum Gasteiger partial charge on any atom is -0.480 e. The van der Waals surface area contributed by atoms with E-state index in [4.69, 9.17) is 16.3 Å². The fraction of sp³-hybridized carbons (Fsp3) is 0.222. The van der Waals surface area contributed by atoms with Crippen molar-refractivity contribution in [3.05, 3.63) is 23.0 Å². The smallest absolute Gasteiger partial charge is 0.232 e. The lowest BCUT2D eigenvalue weighted by Crippen LogP contribution is -1.94. The summed E-state index contributed by atoms with van der Waals surface area (Å²) in [6.07, 6.45) is 3.10. The van der Waals surface area contributed by atoms with Crippen molar-refractivity contribution in [1.82, 2.24) is 15.0 Å². The third-order valence-corrected chi connectivity index (χ3v) is 2.33. The van der Waals surface area contributed by atoms with Gasteiger partial charge in [-0.1, -0.05) is 11.6 Å². The van der Waals surface area contributed by atoms with Gasteiger partial charge in [-0.15, -0.1) is 0 Å². The number of methoxy groups -OCH3 is 1. The summed E-state index contributed by atoms with van der Waals surface area (Å²) >= 11 is 5.91. The van der Waals surface area contributed by atoms with Crippen molar-refractivity contribution < 1.29 is 4.74 Å². The number of aryl methyl sites for hydroxylation is 1. The Hall–Kier alpha value is -1.42. The van der Waals surface area contributed by atoms with Crippen LogP contribution >= 0.6 is 11.6 Å². The van der Waals surface area contributed by atoms with E-state index >= 15 is 0 Å². The maximum Gasteiger partial charge on any atom is 0.232 e. The van der Waals surface area contributed by atoms with Crippen LogP contribution in [0.3, 0.4) is 0 Å². The first kappa shape index (κ1) is 9.15. The van der Waals surface area contributed by atoms with Crippen LogP contribution in [0.5, 0.6) is 5.88 Å². The molecule has 14 heavy (non-hydrogen) atoms. The van der Waals surface area contributed by atoms with Crippen LogP contribution < -0.4 is 4.74 Å². The van der Waals surface area contributed by atoms with E-state index in [1.165, 1.54) is 6.20 Å². The Morgan fingerprint density at radius 3 is 2.71 bits per heavy atom. The number of halogens is 1. The second-order valence-corrected chi connectivity index (χ2v) is 3.22. The number of hydrogen-bond donors (Lipinski definition) is 0. The Bertz CT molecular complexity index is 487. The van der Waals surface area contributed by atoms with Crippen LogP contribution in [0.1, 0.15) is 5.56 Å². The van der Waals surface area contributed by atoms with Crippen LogP contribution in [-0.4, -0.2) is 22.1 Å². The predicted octanol–water partition coefficient (Wildman–Crippen LogP) is 2.00. The number of hydrogen-bond acceptors (Lipinski definition) is 4. The van der Waals surface area contributed by atoms with E-state index in [0.29, 0.717) is 22.1 Å². The summed E-state index contributed by atoms with van der Waals surface area (Å²) in [5.41, 5.74) is 2.12. The molecule has 5 heteroatoms. The summed E-state index contributed by atoms with van der Waals surface area (Å²) in [6.45, 7) is 1.88. The van der Waals surface area contributed by atoms with Gasteiger partial charge >= 0.3 is 0 Å². The average Bonchev–Trinajstić information content (AvgIpc) is 2.23. The molecule has 0 aliphatic heterocycles. The highest BCUT2D eigenvalue weighted by Crippen LogP contribution is 2.21. The quantitative estimate of drug-likeness (QED) is 0.721. The van der Waals surface area contributed by atoms with E-state index in [2.05, 4.69) is 15.0 Å². The highest BCUT2D eigenvalue weighted by Gasteiger charge is 2.06. The van der Waals surface area contributed by atoms with Crippen molar-refractivity contribution in [1.29, 1.82) is 0 Å². The van der Waals surface area contributed by atoms with Gasteiger partial charge in [-0.05, 0) is 12.5 Å². The van der Waals surface area contributed by atoms with Gasteiger partial charge in [0.2, 0.25) is 5.88 Å². The third-order valence-electron chi connectivity index (χ3n) is 1.95. The third kappa shape index (κ3) is 1.37. The SMILES string of the molecule is COc1cnc2ncc(Cl)c(C)c2n1. The van der Waals surface area contributed by atoms with Crippen LogP contribution in [0.4, 0.5) is 0 Å². The van der Waals surface area contributed by atoms with Crippen LogP contribution in [0.2, 0.25) is 5.02 Å². The van der Waals surface area contributed by atoms with Crippen LogP contribution in [0.25, 0.3) is 11.2 Å². The summed E-state index contributed by atoms with van der Waals surface area (Å²) in [5, 5.41) is 0.583. The first-order valence-corrected chi connectivity index (χ1v) is 4.42. The van der Waals surface area contributed by atoms with Gasteiger partial charge in [0.25, 0.3) is 0 Å². The van der Waals surface area contributed by atoms with E-state index in [1.807, 2.05) is 6.92 Å². The number of ether oxygens (including phenoxy) is 1. The average molecular weight is 210 g/mol. The fourth-order valence-electron chi connectivity index (χ4n) is 1.14. The molecule has 0 saturated heterocycles. The van der Waals surface area contributed by atoms with Gasteiger partial charge in [0, 0.05) is 6.20 Å². The second kappa shape index (κ2) is 3.38. The molecule has 2 rings (SSSR count). The molecule has 2 aromatic heterocycles. The van der Waals surface area contributed by atoms with Crippen LogP contribution in [-0.2, 0) is 0 Å². The van der Waals surface area contributed by atoms with Gasteiger partial charge in [-0.3, -0.25) is 0 Å². The van der Waals surface area contributed by atoms with E-state index in [0.717, 1.165) is 5.56 Å². The van der Waals surface area contributed by atoms with Gasteiger partial charge in [-0.25, -0.2) is 15.0 Å². The number of aromatic nitrogens is 3. The summed E-state index contributed by atoms with van der Waals surface area (Å²) in [5.74, 6) is 0.463. The second-order valence-electron chi connectivity index (χ2n) is 2.82. The van der Waals surface area contributed by atoms with Crippen LogP contribution in [0.15, 0.2) is 12.4 Å². The molecule has 0 aromatic carbocycles. The lowest BCUT2D eigenvalue weighted by atomic mass is 10.2. The lowest BCUT2D eigenvalue weighted by molar-refractivity contribution is 0.397. The molecule has 0 aliphatic rings. The highest BCUT2D eigenvalue weighted by atomic mass is 35.5. The van der Waals surface area contributed by atoms with Crippen molar-refractivity contribution in [2.75, 3.05) is 7.11 Å². The van der Waals surface area contributed by atoms with Gasteiger partial charge < -0.3 is 4.74 Å². The molecule has 2 aromatic rings. The van der Waals surface area contributed by atoms with Crippen molar-refractivity contribution in [2.45, 2.75) is 6.92 Å². The Kier molecular flexibility index (Phi) is 2.21. The molecule has 0 unspecified atom stereocenters. The maximum atomic E-state index is 5.91. The molecule has 0 bridgehead atoms. The van der Waals surface area contributed by atoms with E-state index in [9.17, 15) is 0 Å². The Labute approximate surface area is 85.9 Å². The summed E-state index contributed by atoms with van der Waals surface area (Å²) in [7, 11) is 1.54. The van der Waals surface area contributed by atoms with Gasteiger partial charge in [-0.2, -0.15) is 0 Å². The summed E-state index contributed by atoms with van der Waals surface area (Å²) < 4.78 is 4.97. The topological polar surface area (TPSA) is 47.9 Å². The molecule has 0 atom stereocenters. The molecular formula is C9H8ClN3O. The molecule has 0 saturated carbocycles. The number of nitrogens with zero attached hydrogens (tertiary/aromatic N) is 3. The van der Waals surface area contributed by atoms with Crippen molar-refractivity contribution in [3.63, 3.8) is 0 Å². The number of pyridine rings is 1. The molecule has 0 spiro atoms. The number of rotatable bonds is 1. The predicted molar refractivity (Wildman–Crippen MR) is 53.6 cm³/mol. The number of fused-ring (bicyclic) bond motifs is 1. The lowest BCUT2D eigenvalue weighted by Gasteiger charge is -2.03. The minimum atomic E-state index is 0.463. The molecule has 0 N–H and O–H groups in total. The highest BCUT2D eigenvalue weighted by molar-refractivity contribution is 6.31. The van der Waals surface area contributed by atoms with Crippen molar-refractivity contribution in [3.8, 4) is 5.88 Å². The standard InChI is InChI=1S/C9H8ClN3O/c1-5-6(10)3-11-9-8(5)13-7(14-2)4-12-9/h3-4H,1-2H3. The largest absolute Gasteiger partial charge is 0.480 e. The van der Waals surface area contributed by atoms with E-state index in [-0.39, 0.29) is 0 Å². The Morgan fingerprint density at radius 1 is 1.29 bits per heavy atom. The summed E-state index contributed by atoms with van der Waals surface area (Å²) in [6, 6.07) is 0. The first-order chi connectivity index (χ1) is 6.72.